The Labute approximate surface area is 189 Å². The Balaban J connectivity index is 1.42. The van der Waals surface area contributed by atoms with E-state index in [1.807, 2.05) is 19.4 Å². The highest BCUT2D eigenvalue weighted by Gasteiger charge is 2.27. The SMILES string of the molecule is Cc1csc(NC(=O)CSc2nnc(-c3ccc(S(=O)(=O)N4CCCC4)cc3)n2C)n1. The van der Waals surface area contributed by atoms with Gasteiger partial charge in [-0.25, -0.2) is 13.4 Å². The molecule has 1 aliphatic rings. The molecule has 0 atom stereocenters. The first-order valence-electron chi connectivity index (χ1n) is 9.69. The molecule has 164 valence electrons. The number of sulfonamides is 1. The third-order valence-corrected chi connectivity index (χ3v) is 8.66. The minimum Gasteiger partial charge on any atom is -0.305 e. The number of benzene rings is 1. The molecule has 0 spiro atoms. The molecule has 4 rings (SSSR count). The van der Waals surface area contributed by atoms with Crippen molar-refractivity contribution >= 4 is 44.2 Å². The van der Waals surface area contributed by atoms with Crippen LogP contribution in [0.3, 0.4) is 0 Å². The van der Waals surface area contributed by atoms with Crippen molar-refractivity contribution in [2.45, 2.75) is 29.8 Å². The summed E-state index contributed by atoms with van der Waals surface area (Å²) in [4.78, 5) is 16.6. The number of nitrogens with one attached hydrogen (secondary N) is 1. The van der Waals surface area contributed by atoms with Gasteiger partial charge in [0, 0.05) is 31.1 Å². The highest BCUT2D eigenvalue weighted by atomic mass is 32.2. The van der Waals surface area contributed by atoms with Crippen molar-refractivity contribution in [3.05, 3.63) is 35.3 Å². The first-order chi connectivity index (χ1) is 14.8. The van der Waals surface area contributed by atoms with E-state index in [0.29, 0.717) is 29.2 Å². The molecule has 0 bridgehead atoms. The Bertz CT molecular complexity index is 1180. The van der Waals surface area contributed by atoms with E-state index in [9.17, 15) is 13.2 Å². The number of hydrogen-bond donors (Lipinski definition) is 1. The Kier molecular flexibility index (Phi) is 6.42. The molecule has 1 saturated heterocycles. The summed E-state index contributed by atoms with van der Waals surface area (Å²) in [6, 6.07) is 6.68. The second-order valence-electron chi connectivity index (χ2n) is 7.13. The average Bonchev–Trinajstić information content (AvgIpc) is 3.49. The molecule has 1 amide bonds. The molecule has 0 radical (unpaired) electrons. The minimum absolute atomic E-state index is 0.166. The third-order valence-electron chi connectivity index (χ3n) is 4.85. The van der Waals surface area contributed by atoms with Gasteiger partial charge in [0.1, 0.15) is 0 Å². The summed E-state index contributed by atoms with van der Waals surface area (Å²) in [5, 5.41) is 14.2. The van der Waals surface area contributed by atoms with E-state index < -0.39 is 10.0 Å². The van der Waals surface area contributed by atoms with E-state index in [0.717, 1.165) is 24.1 Å². The number of thiazole rings is 1. The van der Waals surface area contributed by atoms with Crippen LogP contribution in [0.15, 0.2) is 39.7 Å². The van der Waals surface area contributed by atoms with Crippen LogP contribution in [-0.2, 0) is 21.9 Å². The Morgan fingerprint density at radius 1 is 1.19 bits per heavy atom. The minimum atomic E-state index is -3.45. The smallest absolute Gasteiger partial charge is 0.243 e. The maximum absolute atomic E-state index is 12.7. The zero-order valence-electron chi connectivity index (χ0n) is 17.1. The van der Waals surface area contributed by atoms with Gasteiger partial charge in [-0.1, -0.05) is 11.8 Å². The van der Waals surface area contributed by atoms with Crippen molar-refractivity contribution in [1.29, 1.82) is 0 Å². The zero-order chi connectivity index (χ0) is 22.0. The van der Waals surface area contributed by atoms with Crippen LogP contribution < -0.4 is 5.32 Å². The summed E-state index contributed by atoms with van der Waals surface area (Å²) in [5.74, 6) is 0.612. The Morgan fingerprint density at radius 2 is 1.90 bits per heavy atom. The lowest BCUT2D eigenvalue weighted by Gasteiger charge is -2.15. The van der Waals surface area contributed by atoms with E-state index in [4.69, 9.17) is 0 Å². The van der Waals surface area contributed by atoms with Gasteiger partial charge >= 0.3 is 0 Å². The van der Waals surface area contributed by atoms with Crippen LogP contribution in [0.4, 0.5) is 5.13 Å². The lowest BCUT2D eigenvalue weighted by molar-refractivity contribution is -0.113. The summed E-state index contributed by atoms with van der Waals surface area (Å²) in [6.45, 7) is 3.02. The predicted molar refractivity (Wildman–Crippen MR) is 121 cm³/mol. The molecule has 0 saturated carbocycles. The first-order valence-corrected chi connectivity index (χ1v) is 13.0. The number of hydrogen-bond acceptors (Lipinski definition) is 8. The molecule has 3 aromatic rings. The summed E-state index contributed by atoms with van der Waals surface area (Å²) in [7, 11) is -1.63. The molecule has 9 nitrogen and oxygen atoms in total. The van der Waals surface area contributed by atoms with Gasteiger partial charge in [0.15, 0.2) is 16.1 Å². The molecule has 1 fully saturated rings. The molecule has 0 unspecified atom stereocenters. The Morgan fingerprint density at radius 3 is 2.55 bits per heavy atom. The summed E-state index contributed by atoms with van der Waals surface area (Å²) in [5.41, 5.74) is 1.62. The summed E-state index contributed by atoms with van der Waals surface area (Å²) >= 11 is 2.66. The molecule has 12 heteroatoms. The van der Waals surface area contributed by atoms with E-state index in [2.05, 4.69) is 20.5 Å². The van der Waals surface area contributed by atoms with Crippen LogP contribution >= 0.6 is 23.1 Å². The zero-order valence-corrected chi connectivity index (χ0v) is 19.6. The number of carbonyl (C=O) groups excluding carboxylic acids is 1. The van der Waals surface area contributed by atoms with Gasteiger partial charge in [-0.3, -0.25) is 4.79 Å². The fourth-order valence-corrected chi connectivity index (χ4v) is 6.17. The van der Waals surface area contributed by atoms with Gasteiger partial charge in [0.2, 0.25) is 15.9 Å². The van der Waals surface area contributed by atoms with Gasteiger partial charge in [-0.15, -0.1) is 21.5 Å². The maximum Gasteiger partial charge on any atom is 0.243 e. The third kappa shape index (κ3) is 4.81. The lowest BCUT2D eigenvalue weighted by Crippen LogP contribution is -2.27. The number of amides is 1. The molecule has 31 heavy (non-hydrogen) atoms. The largest absolute Gasteiger partial charge is 0.305 e. The number of aryl methyl sites for hydroxylation is 1. The topological polar surface area (TPSA) is 110 Å². The van der Waals surface area contributed by atoms with Crippen molar-refractivity contribution in [3.63, 3.8) is 0 Å². The normalized spacial score (nSPS) is 14.8. The van der Waals surface area contributed by atoms with Crippen molar-refractivity contribution in [3.8, 4) is 11.4 Å². The lowest BCUT2D eigenvalue weighted by atomic mass is 10.2. The number of carbonyl (C=O) groups is 1. The van der Waals surface area contributed by atoms with Crippen LogP contribution in [0.5, 0.6) is 0 Å². The number of anilines is 1. The second kappa shape index (κ2) is 9.07. The van der Waals surface area contributed by atoms with Crippen LogP contribution in [0.1, 0.15) is 18.5 Å². The average molecular weight is 479 g/mol. The van der Waals surface area contributed by atoms with Crippen molar-refractivity contribution in [2.24, 2.45) is 7.05 Å². The van der Waals surface area contributed by atoms with E-state index in [-0.39, 0.29) is 16.6 Å². The number of nitrogens with zero attached hydrogens (tertiary/aromatic N) is 5. The van der Waals surface area contributed by atoms with Gasteiger partial charge in [0.05, 0.1) is 16.3 Å². The molecule has 1 aliphatic heterocycles. The quantitative estimate of drug-likeness (QED) is 0.520. The second-order valence-corrected chi connectivity index (χ2v) is 10.9. The first kappa shape index (κ1) is 21.9. The predicted octanol–water partition coefficient (Wildman–Crippen LogP) is 2.76. The van der Waals surface area contributed by atoms with Gasteiger partial charge in [-0.2, -0.15) is 4.31 Å². The highest BCUT2D eigenvalue weighted by molar-refractivity contribution is 7.99. The molecule has 1 aromatic carbocycles. The van der Waals surface area contributed by atoms with Crippen molar-refractivity contribution < 1.29 is 13.2 Å². The van der Waals surface area contributed by atoms with Crippen LogP contribution in [0.2, 0.25) is 0 Å². The molecule has 2 aromatic heterocycles. The van der Waals surface area contributed by atoms with Gasteiger partial charge in [-0.05, 0) is 44.0 Å². The fourth-order valence-electron chi connectivity index (χ4n) is 3.24. The van der Waals surface area contributed by atoms with E-state index in [1.54, 1.807) is 28.8 Å². The van der Waals surface area contributed by atoms with Crippen LogP contribution in [0.25, 0.3) is 11.4 Å². The number of thioether (sulfide) groups is 1. The standard InChI is InChI=1S/C19H22N6O3S3/c1-13-11-29-18(20-13)21-16(26)12-30-19-23-22-17(24(19)2)14-5-7-15(8-6-14)31(27,28)25-9-3-4-10-25/h5-8,11H,3-4,9-10,12H2,1-2H3,(H,20,21,26). The Hall–Kier alpha value is -2.28. The highest BCUT2D eigenvalue weighted by Crippen LogP contribution is 2.26. The molecule has 0 aliphatic carbocycles. The van der Waals surface area contributed by atoms with Crippen molar-refractivity contribution in [2.75, 3.05) is 24.2 Å². The summed E-state index contributed by atoms with van der Waals surface area (Å²) in [6.07, 6.45) is 1.80. The summed E-state index contributed by atoms with van der Waals surface area (Å²) < 4.78 is 28.7. The van der Waals surface area contributed by atoms with Crippen LogP contribution in [-0.4, -0.2) is 57.2 Å². The molecule has 3 heterocycles. The molecular weight excluding hydrogens is 456 g/mol. The molecular formula is C19H22N6O3S3. The van der Waals surface area contributed by atoms with Crippen molar-refractivity contribution in [1.82, 2.24) is 24.1 Å². The van der Waals surface area contributed by atoms with Crippen LogP contribution in [0, 0.1) is 6.92 Å². The van der Waals surface area contributed by atoms with Gasteiger partial charge in [0.25, 0.3) is 0 Å². The molecule has 1 N–H and O–H groups in total. The maximum atomic E-state index is 12.7. The number of aromatic nitrogens is 4. The number of rotatable bonds is 7. The van der Waals surface area contributed by atoms with Gasteiger partial charge < -0.3 is 9.88 Å². The van der Waals surface area contributed by atoms with E-state index >= 15 is 0 Å². The van der Waals surface area contributed by atoms with E-state index in [1.165, 1.54) is 27.4 Å². The monoisotopic (exact) mass is 478 g/mol. The fraction of sp³-hybridized carbons (Fsp3) is 0.368.